The van der Waals surface area contributed by atoms with Crippen LogP contribution in [0.2, 0.25) is 0 Å². The molecule has 2 atom stereocenters. The molecule has 21 heavy (non-hydrogen) atoms. The van der Waals surface area contributed by atoms with E-state index in [-0.39, 0.29) is 11.5 Å². The second kappa shape index (κ2) is 6.41. The summed E-state index contributed by atoms with van der Waals surface area (Å²) in [6.45, 7) is 9.98. The molecule has 1 N–H and O–H groups in total. The van der Waals surface area contributed by atoms with Gasteiger partial charge in [-0.3, -0.25) is 0 Å². The summed E-state index contributed by atoms with van der Waals surface area (Å²) >= 11 is 0. The van der Waals surface area contributed by atoms with E-state index in [9.17, 15) is 8.78 Å². The van der Waals surface area contributed by atoms with Crippen molar-refractivity contribution in [3.8, 4) is 0 Å². The van der Waals surface area contributed by atoms with Gasteiger partial charge in [-0.25, -0.2) is 8.78 Å². The van der Waals surface area contributed by atoms with Gasteiger partial charge in [-0.1, -0.05) is 33.8 Å². The van der Waals surface area contributed by atoms with E-state index in [1.165, 1.54) is 12.1 Å². The summed E-state index contributed by atoms with van der Waals surface area (Å²) in [6, 6.07) is 4.37. The molecule has 1 aliphatic carbocycles. The summed E-state index contributed by atoms with van der Waals surface area (Å²) < 4.78 is 32.0. The van der Waals surface area contributed by atoms with E-state index >= 15 is 0 Å². The van der Waals surface area contributed by atoms with Crippen LogP contribution in [0.5, 0.6) is 0 Å². The molecule has 0 heterocycles. The van der Waals surface area contributed by atoms with Crippen molar-refractivity contribution in [1.29, 1.82) is 0 Å². The fourth-order valence-electron chi connectivity index (χ4n) is 2.71. The summed E-state index contributed by atoms with van der Waals surface area (Å²) in [5, 5.41) is 3.42. The lowest BCUT2D eigenvalue weighted by Gasteiger charge is -2.52. The highest BCUT2D eigenvalue weighted by atomic mass is 19.2. The molecule has 0 amide bonds. The van der Waals surface area contributed by atoms with Crippen molar-refractivity contribution in [1.82, 2.24) is 5.32 Å². The molecule has 0 spiro atoms. The maximum atomic E-state index is 13.2. The first kappa shape index (κ1) is 16.4. The third-order valence-electron chi connectivity index (χ3n) is 4.35. The number of ether oxygens (including phenoxy) is 1. The Bertz CT molecular complexity index is 488. The maximum absolute atomic E-state index is 13.2. The van der Waals surface area contributed by atoms with Gasteiger partial charge < -0.3 is 10.1 Å². The van der Waals surface area contributed by atoms with Gasteiger partial charge in [0.25, 0.3) is 0 Å². The Morgan fingerprint density at radius 3 is 2.57 bits per heavy atom. The van der Waals surface area contributed by atoms with Crippen molar-refractivity contribution in [2.45, 2.75) is 52.8 Å². The van der Waals surface area contributed by atoms with E-state index in [1.807, 2.05) is 0 Å². The van der Waals surface area contributed by atoms with Crippen LogP contribution in [0.1, 0.15) is 39.7 Å². The third kappa shape index (κ3) is 3.80. The molecule has 1 saturated carbocycles. The minimum absolute atomic E-state index is 0.0630. The highest BCUT2D eigenvalue weighted by Crippen LogP contribution is 2.43. The lowest BCUT2D eigenvalue weighted by atomic mass is 9.64. The van der Waals surface area contributed by atoms with Crippen LogP contribution < -0.4 is 5.32 Å². The summed E-state index contributed by atoms with van der Waals surface area (Å²) in [5.74, 6) is -1.06. The van der Waals surface area contributed by atoms with Crippen LogP contribution in [0.25, 0.3) is 0 Å². The molecule has 1 aliphatic rings. The zero-order chi connectivity index (χ0) is 15.6. The highest BCUT2D eigenvalue weighted by molar-refractivity contribution is 5.18. The van der Waals surface area contributed by atoms with Crippen LogP contribution in [0.15, 0.2) is 18.2 Å². The SMILES string of the molecule is CC(C)COC1CC(NCc2ccc(F)c(F)c2)C1(C)C. The molecule has 0 bridgehead atoms. The normalized spacial score (nSPS) is 24.1. The van der Waals surface area contributed by atoms with Crippen LogP contribution in [0, 0.1) is 23.0 Å². The van der Waals surface area contributed by atoms with Gasteiger partial charge in [0.15, 0.2) is 11.6 Å². The lowest BCUT2D eigenvalue weighted by Crippen LogP contribution is -2.60. The maximum Gasteiger partial charge on any atom is 0.159 e. The van der Waals surface area contributed by atoms with Gasteiger partial charge in [-0.15, -0.1) is 0 Å². The number of nitrogens with one attached hydrogen (secondary N) is 1. The first-order chi connectivity index (χ1) is 9.80. The Morgan fingerprint density at radius 1 is 1.29 bits per heavy atom. The fraction of sp³-hybridized carbons (Fsp3) is 0.647. The second-order valence-electron chi connectivity index (χ2n) is 6.95. The standard InChI is InChI=1S/C17H25F2NO/c1-11(2)10-21-16-8-15(17(16,3)4)20-9-12-5-6-13(18)14(19)7-12/h5-7,11,15-16,20H,8-10H2,1-4H3. The lowest BCUT2D eigenvalue weighted by molar-refractivity contribution is -0.124. The van der Waals surface area contributed by atoms with Crippen molar-refractivity contribution in [2.24, 2.45) is 11.3 Å². The van der Waals surface area contributed by atoms with Gasteiger partial charge in [0.1, 0.15) is 0 Å². The van der Waals surface area contributed by atoms with Crippen molar-refractivity contribution in [3.05, 3.63) is 35.4 Å². The second-order valence-corrected chi connectivity index (χ2v) is 6.95. The Hall–Kier alpha value is -1.00. The van der Waals surface area contributed by atoms with Crippen LogP contribution in [-0.4, -0.2) is 18.8 Å². The summed E-state index contributed by atoms with van der Waals surface area (Å²) in [7, 11) is 0. The number of benzene rings is 1. The Labute approximate surface area is 125 Å². The van der Waals surface area contributed by atoms with Crippen LogP contribution in [0.4, 0.5) is 8.78 Å². The minimum atomic E-state index is -0.801. The van der Waals surface area contributed by atoms with Gasteiger partial charge in [0.2, 0.25) is 0 Å². The first-order valence-corrected chi connectivity index (χ1v) is 7.59. The predicted molar refractivity (Wildman–Crippen MR) is 80.0 cm³/mol. The summed E-state index contributed by atoms with van der Waals surface area (Å²) in [4.78, 5) is 0. The van der Waals surface area contributed by atoms with E-state index in [4.69, 9.17) is 4.74 Å². The zero-order valence-electron chi connectivity index (χ0n) is 13.2. The molecule has 2 nitrogen and oxygen atoms in total. The quantitative estimate of drug-likeness (QED) is 0.860. The molecule has 2 unspecified atom stereocenters. The average Bonchev–Trinajstić information content (AvgIpc) is 2.40. The smallest absolute Gasteiger partial charge is 0.159 e. The molecule has 0 radical (unpaired) electrons. The topological polar surface area (TPSA) is 21.3 Å². The Kier molecular flexibility index (Phi) is 4.99. The molecular formula is C17H25F2NO. The van der Waals surface area contributed by atoms with Gasteiger partial charge in [-0.2, -0.15) is 0 Å². The molecule has 0 saturated heterocycles. The Morgan fingerprint density at radius 2 is 2.00 bits per heavy atom. The third-order valence-corrected chi connectivity index (χ3v) is 4.35. The molecular weight excluding hydrogens is 272 g/mol. The molecule has 0 aromatic heterocycles. The van der Waals surface area contributed by atoms with Gasteiger partial charge in [0.05, 0.1) is 6.10 Å². The molecule has 1 fully saturated rings. The van der Waals surface area contributed by atoms with Crippen LogP contribution in [0.3, 0.4) is 0 Å². The monoisotopic (exact) mass is 297 g/mol. The van der Waals surface area contributed by atoms with Crippen molar-refractivity contribution < 1.29 is 13.5 Å². The summed E-state index contributed by atoms with van der Waals surface area (Å²) in [6.07, 6.45) is 1.23. The average molecular weight is 297 g/mol. The largest absolute Gasteiger partial charge is 0.377 e. The Balaban J connectivity index is 1.83. The van der Waals surface area contributed by atoms with E-state index in [2.05, 4.69) is 33.0 Å². The number of hydrogen-bond donors (Lipinski definition) is 1. The number of rotatable bonds is 6. The summed E-state index contributed by atoms with van der Waals surface area (Å²) in [5.41, 5.74) is 0.823. The molecule has 0 aliphatic heterocycles. The molecule has 118 valence electrons. The molecule has 4 heteroatoms. The van der Waals surface area contributed by atoms with E-state index in [0.29, 0.717) is 18.5 Å². The van der Waals surface area contributed by atoms with E-state index < -0.39 is 11.6 Å². The van der Waals surface area contributed by atoms with E-state index in [1.54, 1.807) is 6.07 Å². The molecule has 2 rings (SSSR count). The van der Waals surface area contributed by atoms with Crippen molar-refractivity contribution in [3.63, 3.8) is 0 Å². The number of halogens is 2. The highest BCUT2D eigenvalue weighted by Gasteiger charge is 2.48. The van der Waals surface area contributed by atoms with Gasteiger partial charge in [0, 0.05) is 24.6 Å². The fourth-order valence-corrected chi connectivity index (χ4v) is 2.71. The predicted octanol–water partition coefficient (Wildman–Crippen LogP) is 3.89. The van der Waals surface area contributed by atoms with Crippen LogP contribution >= 0.6 is 0 Å². The van der Waals surface area contributed by atoms with Crippen molar-refractivity contribution in [2.75, 3.05) is 6.61 Å². The van der Waals surface area contributed by atoms with Crippen molar-refractivity contribution >= 4 is 0 Å². The van der Waals surface area contributed by atoms with Crippen LogP contribution in [-0.2, 0) is 11.3 Å². The first-order valence-electron chi connectivity index (χ1n) is 7.59. The zero-order valence-corrected chi connectivity index (χ0v) is 13.2. The molecule has 1 aromatic rings. The van der Waals surface area contributed by atoms with Gasteiger partial charge >= 0.3 is 0 Å². The van der Waals surface area contributed by atoms with Gasteiger partial charge in [-0.05, 0) is 30.0 Å². The number of hydrogen-bond acceptors (Lipinski definition) is 2. The van der Waals surface area contributed by atoms with E-state index in [0.717, 1.165) is 18.6 Å². The minimum Gasteiger partial charge on any atom is -0.377 e. The molecule has 1 aromatic carbocycles.